The van der Waals surface area contributed by atoms with E-state index in [-0.39, 0.29) is 0 Å². The highest BCUT2D eigenvalue weighted by atomic mass is 16.6. The van der Waals surface area contributed by atoms with E-state index in [0.29, 0.717) is 11.8 Å². The van der Waals surface area contributed by atoms with Crippen LogP contribution in [-0.2, 0) is 4.84 Å². The standard InChI is InChI=1S/C11H21NO/c1-8(2)10-6-5-9(3)7-11(10)12-13-4/h8-10H,5-7H2,1-4H3/b12-11+/t9-,10+/m0/s1. The molecule has 2 nitrogen and oxygen atoms in total. The van der Waals surface area contributed by atoms with Gasteiger partial charge in [-0.05, 0) is 31.1 Å². The fourth-order valence-corrected chi connectivity index (χ4v) is 2.18. The molecule has 0 radical (unpaired) electrons. The van der Waals surface area contributed by atoms with Gasteiger partial charge < -0.3 is 4.84 Å². The minimum Gasteiger partial charge on any atom is -0.399 e. The first-order chi connectivity index (χ1) is 6.15. The molecular formula is C11H21NO. The number of hydrogen-bond donors (Lipinski definition) is 0. The molecule has 1 rings (SSSR count). The van der Waals surface area contributed by atoms with Crippen molar-refractivity contribution in [1.29, 1.82) is 0 Å². The Morgan fingerprint density at radius 1 is 1.38 bits per heavy atom. The van der Waals surface area contributed by atoms with Crippen molar-refractivity contribution in [3.63, 3.8) is 0 Å². The van der Waals surface area contributed by atoms with E-state index in [0.717, 1.165) is 12.3 Å². The molecule has 1 aliphatic rings. The van der Waals surface area contributed by atoms with E-state index in [1.165, 1.54) is 18.6 Å². The van der Waals surface area contributed by atoms with Crippen molar-refractivity contribution in [2.75, 3.05) is 7.11 Å². The molecule has 2 heteroatoms. The zero-order chi connectivity index (χ0) is 9.84. The van der Waals surface area contributed by atoms with E-state index in [4.69, 9.17) is 4.84 Å². The molecular weight excluding hydrogens is 162 g/mol. The van der Waals surface area contributed by atoms with E-state index >= 15 is 0 Å². The van der Waals surface area contributed by atoms with Crippen LogP contribution < -0.4 is 0 Å². The SMILES string of the molecule is CO/N=C1\C[C@@H](C)CC[C@@H]1C(C)C. The average molecular weight is 183 g/mol. The molecule has 0 heterocycles. The number of rotatable bonds is 2. The van der Waals surface area contributed by atoms with E-state index in [1.54, 1.807) is 7.11 Å². The van der Waals surface area contributed by atoms with Gasteiger partial charge in [0.05, 0.1) is 5.71 Å². The smallest absolute Gasteiger partial charge is 0.106 e. The molecule has 0 spiro atoms. The second-order valence-electron chi connectivity index (χ2n) is 4.50. The molecule has 13 heavy (non-hydrogen) atoms. The zero-order valence-corrected chi connectivity index (χ0v) is 9.21. The van der Waals surface area contributed by atoms with Gasteiger partial charge in [0.15, 0.2) is 0 Å². The minimum absolute atomic E-state index is 0.649. The van der Waals surface area contributed by atoms with Crippen LogP contribution in [0.2, 0.25) is 0 Å². The molecule has 0 bridgehead atoms. The lowest BCUT2D eigenvalue weighted by molar-refractivity contribution is 0.203. The number of oxime groups is 1. The summed E-state index contributed by atoms with van der Waals surface area (Å²) in [7, 11) is 1.64. The number of nitrogens with zero attached hydrogens (tertiary/aromatic N) is 1. The molecule has 0 aromatic carbocycles. The van der Waals surface area contributed by atoms with E-state index < -0.39 is 0 Å². The molecule has 76 valence electrons. The lowest BCUT2D eigenvalue weighted by Crippen LogP contribution is -2.27. The van der Waals surface area contributed by atoms with Gasteiger partial charge in [0, 0.05) is 5.92 Å². The highest BCUT2D eigenvalue weighted by Gasteiger charge is 2.27. The van der Waals surface area contributed by atoms with E-state index in [1.807, 2.05) is 0 Å². The molecule has 0 amide bonds. The largest absolute Gasteiger partial charge is 0.399 e. The predicted octanol–water partition coefficient (Wildman–Crippen LogP) is 3.08. The monoisotopic (exact) mass is 183 g/mol. The zero-order valence-electron chi connectivity index (χ0n) is 9.21. The average Bonchev–Trinajstić information content (AvgIpc) is 2.04. The van der Waals surface area contributed by atoms with Gasteiger partial charge in [-0.2, -0.15) is 0 Å². The maximum absolute atomic E-state index is 4.90. The Morgan fingerprint density at radius 3 is 2.62 bits per heavy atom. The van der Waals surface area contributed by atoms with Gasteiger partial charge in [0.25, 0.3) is 0 Å². The van der Waals surface area contributed by atoms with E-state index in [9.17, 15) is 0 Å². The molecule has 1 fully saturated rings. The summed E-state index contributed by atoms with van der Waals surface area (Å²) in [5.41, 5.74) is 1.27. The third kappa shape index (κ3) is 2.71. The highest BCUT2D eigenvalue weighted by Crippen LogP contribution is 2.31. The summed E-state index contributed by atoms with van der Waals surface area (Å²) in [6, 6.07) is 0. The topological polar surface area (TPSA) is 21.6 Å². The Balaban J connectivity index is 2.66. The van der Waals surface area contributed by atoms with Crippen LogP contribution >= 0.6 is 0 Å². The van der Waals surface area contributed by atoms with Crippen molar-refractivity contribution < 1.29 is 4.84 Å². The summed E-state index contributed by atoms with van der Waals surface area (Å²) in [6.45, 7) is 6.83. The second-order valence-corrected chi connectivity index (χ2v) is 4.50. The molecule has 0 aromatic rings. The number of hydrogen-bond acceptors (Lipinski definition) is 2. The fourth-order valence-electron chi connectivity index (χ4n) is 2.18. The van der Waals surface area contributed by atoms with Crippen LogP contribution in [0, 0.1) is 17.8 Å². The van der Waals surface area contributed by atoms with Gasteiger partial charge in [-0.25, -0.2) is 0 Å². The lowest BCUT2D eigenvalue weighted by atomic mass is 9.76. The Hall–Kier alpha value is -0.530. The molecule has 2 atom stereocenters. The molecule has 0 unspecified atom stereocenters. The quantitative estimate of drug-likeness (QED) is 0.603. The summed E-state index contributed by atoms with van der Waals surface area (Å²) in [5.74, 6) is 2.13. The van der Waals surface area contributed by atoms with Crippen LogP contribution in [0.1, 0.15) is 40.0 Å². The van der Waals surface area contributed by atoms with Crippen molar-refractivity contribution in [1.82, 2.24) is 0 Å². The van der Waals surface area contributed by atoms with Gasteiger partial charge in [-0.1, -0.05) is 25.9 Å². The summed E-state index contributed by atoms with van der Waals surface area (Å²) < 4.78 is 0. The van der Waals surface area contributed by atoms with Crippen molar-refractivity contribution >= 4 is 5.71 Å². The van der Waals surface area contributed by atoms with Gasteiger partial charge in [0.1, 0.15) is 7.11 Å². The molecule has 0 saturated heterocycles. The van der Waals surface area contributed by atoms with Gasteiger partial charge in [0.2, 0.25) is 0 Å². The maximum atomic E-state index is 4.90. The van der Waals surface area contributed by atoms with Crippen LogP contribution in [0.5, 0.6) is 0 Å². The van der Waals surface area contributed by atoms with Crippen molar-refractivity contribution in [2.45, 2.75) is 40.0 Å². The van der Waals surface area contributed by atoms with Crippen molar-refractivity contribution in [2.24, 2.45) is 22.9 Å². The highest BCUT2D eigenvalue weighted by molar-refractivity contribution is 5.87. The van der Waals surface area contributed by atoms with Crippen molar-refractivity contribution in [3.05, 3.63) is 0 Å². The Labute approximate surface area is 81.3 Å². The fraction of sp³-hybridized carbons (Fsp3) is 0.909. The minimum atomic E-state index is 0.649. The third-order valence-electron chi connectivity index (χ3n) is 2.97. The van der Waals surface area contributed by atoms with Gasteiger partial charge >= 0.3 is 0 Å². The Kier molecular flexibility index (Phi) is 3.76. The normalized spacial score (nSPS) is 32.5. The molecule has 0 aromatic heterocycles. The lowest BCUT2D eigenvalue weighted by Gasteiger charge is -2.30. The van der Waals surface area contributed by atoms with Gasteiger partial charge in [-0.3, -0.25) is 0 Å². The van der Waals surface area contributed by atoms with Gasteiger partial charge in [-0.15, -0.1) is 0 Å². The second kappa shape index (κ2) is 4.64. The Bertz CT molecular complexity index is 187. The van der Waals surface area contributed by atoms with Crippen LogP contribution in [-0.4, -0.2) is 12.8 Å². The van der Waals surface area contributed by atoms with Crippen molar-refractivity contribution in [3.8, 4) is 0 Å². The summed E-state index contributed by atoms with van der Waals surface area (Å²) in [6.07, 6.45) is 3.74. The summed E-state index contributed by atoms with van der Waals surface area (Å²) in [5, 5.41) is 4.15. The maximum Gasteiger partial charge on any atom is 0.106 e. The molecule has 1 aliphatic carbocycles. The first-order valence-electron chi connectivity index (χ1n) is 5.25. The van der Waals surface area contributed by atoms with Crippen LogP contribution in [0.3, 0.4) is 0 Å². The molecule has 0 aliphatic heterocycles. The first kappa shape index (κ1) is 10.6. The summed E-state index contributed by atoms with van der Waals surface area (Å²) >= 11 is 0. The predicted molar refractivity (Wildman–Crippen MR) is 55.8 cm³/mol. The Morgan fingerprint density at radius 2 is 2.08 bits per heavy atom. The van der Waals surface area contributed by atoms with E-state index in [2.05, 4.69) is 25.9 Å². The first-order valence-corrected chi connectivity index (χ1v) is 5.25. The molecule has 1 saturated carbocycles. The van der Waals surface area contributed by atoms with Crippen LogP contribution in [0.15, 0.2) is 5.16 Å². The van der Waals surface area contributed by atoms with Crippen LogP contribution in [0.25, 0.3) is 0 Å². The third-order valence-corrected chi connectivity index (χ3v) is 2.97. The van der Waals surface area contributed by atoms with Crippen LogP contribution in [0.4, 0.5) is 0 Å². The summed E-state index contributed by atoms with van der Waals surface area (Å²) in [4.78, 5) is 4.90. The molecule has 0 N–H and O–H groups in total.